The number of amides is 2. The first-order chi connectivity index (χ1) is 13.4. The highest BCUT2D eigenvalue weighted by Crippen LogP contribution is 2.21. The molecule has 3 rings (SSSR count). The van der Waals surface area contributed by atoms with Crippen LogP contribution in [0.5, 0.6) is 0 Å². The third kappa shape index (κ3) is 3.83. The van der Waals surface area contributed by atoms with E-state index in [4.69, 9.17) is 5.73 Å². The number of nitrogens with one attached hydrogen (secondary N) is 2. The number of nitro groups is 1. The maximum atomic E-state index is 12.5. The summed E-state index contributed by atoms with van der Waals surface area (Å²) in [6.45, 7) is 0. The fourth-order valence-corrected chi connectivity index (χ4v) is 2.50. The quantitative estimate of drug-likeness (QED) is 0.290. The first-order valence-corrected chi connectivity index (χ1v) is 7.91. The molecule has 142 valence electrons. The van der Waals surface area contributed by atoms with Gasteiger partial charge in [-0.25, -0.2) is 15.2 Å². The number of H-pyrrole nitrogens is 1. The number of carbonyl (C=O) groups excluding carboxylic acids is 1. The molecule has 1 aromatic heterocycles. The molecule has 2 aromatic carbocycles. The zero-order chi connectivity index (χ0) is 20.3. The molecule has 0 aliphatic carbocycles. The molecule has 1 heterocycles. The summed E-state index contributed by atoms with van der Waals surface area (Å²) in [6, 6.07) is 10.7. The summed E-state index contributed by atoms with van der Waals surface area (Å²) in [7, 11) is 0. The SMILES string of the molecule is NC(=O)N/N=C(\c1nc2ccccc2[nH]c1=O)[C@@H](O)c1ccc([N+](=O)[O-])cc1. The maximum Gasteiger partial charge on any atom is 0.332 e. The number of benzene rings is 2. The number of aromatic amines is 1. The van der Waals surface area contributed by atoms with Crippen LogP contribution >= 0.6 is 0 Å². The lowest BCUT2D eigenvalue weighted by atomic mass is 10.0. The standard InChI is InChI=1S/C17H14N6O5/c18-17(26)22-21-13(15(24)9-5-7-10(8-6-9)23(27)28)14-16(25)20-12-4-2-1-3-11(12)19-14/h1-8,15,24H,(H,20,25)(H3,18,22,26)/b21-13+/t15-/m0/s1. The van der Waals surface area contributed by atoms with Crippen molar-refractivity contribution in [3.8, 4) is 0 Å². The molecule has 0 saturated carbocycles. The van der Waals surface area contributed by atoms with Gasteiger partial charge in [-0.15, -0.1) is 0 Å². The molecular formula is C17H14N6O5. The third-order valence-corrected chi connectivity index (χ3v) is 3.81. The number of fused-ring (bicyclic) bond motifs is 1. The molecule has 11 heteroatoms. The molecule has 2 amide bonds. The van der Waals surface area contributed by atoms with Crippen LogP contribution in [0.25, 0.3) is 11.0 Å². The van der Waals surface area contributed by atoms with E-state index in [2.05, 4.69) is 15.1 Å². The van der Waals surface area contributed by atoms with Gasteiger partial charge in [0.1, 0.15) is 11.8 Å². The average molecular weight is 382 g/mol. The van der Waals surface area contributed by atoms with E-state index in [0.29, 0.717) is 11.0 Å². The number of rotatable bonds is 5. The molecule has 0 aliphatic rings. The Morgan fingerprint density at radius 2 is 1.93 bits per heavy atom. The van der Waals surface area contributed by atoms with Gasteiger partial charge in [0.05, 0.1) is 16.0 Å². The number of nitro benzene ring substituents is 1. The number of primary amides is 1. The number of para-hydroxylation sites is 2. The molecule has 0 saturated heterocycles. The van der Waals surface area contributed by atoms with Crippen LogP contribution in [0.1, 0.15) is 17.4 Å². The molecular weight excluding hydrogens is 368 g/mol. The fraction of sp³-hybridized carbons (Fsp3) is 0.0588. The van der Waals surface area contributed by atoms with E-state index >= 15 is 0 Å². The Morgan fingerprint density at radius 1 is 1.25 bits per heavy atom. The van der Waals surface area contributed by atoms with Gasteiger partial charge in [-0.3, -0.25) is 14.9 Å². The van der Waals surface area contributed by atoms with Crippen molar-refractivity contribution in [2.45, 2.75) is 6.10 Å². The normalized spacial score (nSPS) is 12.5. The zero-order valence-electron chi connectivity index (χ0n) is 14.2. The van der Waals surface area contributed by atoms with Crippen molar-refractivity contribution in [3.05, 3.63) is 80.3 Å². The summed E-state index contributed by atoms with van der Waals surface area (Å²) in [4.78, 5) is 40.5. The minimum absolute atomic E-state index is 0.175. The van der Waals surface area contributed by atoms with E-state index in [1.54, 1.807) is 24.3 Å². The van der Waals surface area contributed by atoms with Crippen LogP contribution in [-0.4, -0.2) is 31.7 Å². The van der Waals surface area contributed by atoms with E-state index < -0.39 is 22.6 Å². The number of nitrogens with two attached hydrogens (primary N) is 1. The summed E-state index contributed by atoms with van der Waals surface area (Å²) < 4.78 is 0. The Morgan fingerprint density at radius 3 is 2.57 bits per heavy atom. The predicted octanol–water partition coefficient (Wildman–Crippen LogP) is 0.937. The highest BCUT2D eigenvalue weighted by molar-refractivity contribution is 6.03. The summed E-state index contributed by atoms with van der Waals surface area (Å²) in [5.74, 6) is 0. The second-order valence-electron chi connectivity index (χ2n) is 5.66. The van der Waals surface area contributed by atoms with Gasteiger partial charge >= 0.3 is 6.03 Å². The Labute approximate surface area is 156 Å². The van der Waals surface area contributed by atoms with Crippen LogP contribution in [0, 0.1) is 10.1 Å². The van der Waals surface area contributed by atoms with E-state index in [1.165, 1.54) is 24.3 Å². The molecule has 1 atom stereocenters. The molecule has 0 bridgehead atoms. The van der Waals surface area contributed by atoms with Gasteiger partial charge in [0.25, 0.3) is 11.2 Å². The number of aliphatic hydroxyl groups excluding tert-OH is 1. The van der Waals surface area contributed by atoms with Gasteiger partial charge in [0.15, 0.2) is 5.69 Å². The van der Waals surface area contributed by atoms with Crippen molar-refractivity contribution in [2.75, 3.05) is 0 Å². The highest BCUT2D eigenvalue weighted by atomic mass is 16.6. The summed E-state index contributed by atoms with van der Waals surface area (Å²) in [5.41, 5.74) is 6.75. The van der Waals surface area contributed by atoms with E-state index in [1.807, 2.05) is 5.43 Å². The number of nitrogens with zero attached hydrogens (tertiary/aromatic N) is 3. The minimum atomic E-state index is -1.51. The molecule has 5 N–H and O–H groups in total. The van der Waals surface area contributed by atoms with Crippen LogP contribution in [0.3, 0.4) is 0 Å². The van der Waals surface area contributed by atoms with Gasteiger partial charge < -0.3 is 15.8 Å². The molecule has 0 unspecified atom stereocenters. The maximum absolute atomic E-state index is 12.5. The summed E-state index contributed by atoms with van der Waals surface area (Å²) in [6.07, 6.45) is -1.51. The molecule has 0 aliphatic heterocycles. The van der Waals surface area contributed by atoms with Gasteiger partial charge in [0.2, 0.25) is 0 Å². The van der Waals surface area contributed by atoms with Crippen molar-refractivity contribution < 1.29 is 14.8 Å². The van der Waals surface area contributed by atoms with Crippen molar-refractivity contribution in [1.29, 1.82) is 0 Å². The van der Waals surface area contributed by atoms with Gasteiger partial charge in [-0.2, -0.15) is 5.10 Å². The molecule has 0 spiro atoms. The number of hydrogen-bond acceptors (Lipinski definition) is 7. The third-order valence-electron chi connectivity index (χ3n) is 3.81. The van der Waals surface area contributed by atoms with Crippen LogP contribution in [-0.2, 0) is 0 Å². The number of aliphatic hydroxyl groups is 1. The second-order valence-corrected chi connectivity index (χ2v) is 5.66. The topological polar surface area (TPSA) is 177 Å². The number of non-ortho nitro benzene ring substituents is 1. The van der Waals surface area contributed by atoms with Gasteiger partial charge in [-0.1, -0.05) is 12.1 Å². The van der Waals surface area contributed by atoms with Crippen molar-refractivity contribution in [3.63, 3.8) is 0 Å². The lowest BCUT2D eigenvalue weighted by Crippen LogP contribution is -2.31. The number of carbonyl (C=O) groups is 1. The van der Waals surface area contributed by atoms with Gasteiger partial charge in [0, 0.05) is 12.1 Å². The van der Waals surface area contributed by atoms with Crippen LogP contribution in [0.2, 0.25) is 0 Å². The largest absolute Gasteiger partial charge is 0.382 e. The van der Waals surface area contributed by atoms with Crippen LogP contribution in [0.15, 0.2) is 58.4 Å². The highest BCUT2D eigenvalue weighted by Gasteiger charge is 2.23. The number of hydrogen-bond donors (Lipinski definition) is 4. The van der Waals surface area contributed by atoms with E-state index in [0.717, 1.165) is 0 Å². The van der Waals surface area contributed by atoms with Crippen molar-refractivity contribution >= 4 is 28.5 Å². The van der Waals surface area contributed by atoms with E-state index in [9.17, 15) is 24.8 Å². The number of urea groups is 1. The minimum Gasteiger partial charge on any atom is -0.382 e. The molecule has 11 nitrogen and oxygen atoms in total. The Balaban J connectivity index is 2.10. The molecule has 28 heavy (non-hydrogen) atoms. The monoisotopic (exact) mass is 382 g/mol. The Kier molecular flexibility index (Phi) is 5.09. The number of hydrazone groups is 1. The molecule has 0 radical (unpaired) electrons. The number of aromatic nitrogens is 2. The Bertz CT molecular complexity index is 1140. The summed E-state index contributed by atoms with van der Waals surface area (Å²) in [5, 5.41) is 25.2. The smallest absolute Gasteiger partial charge is 0.332 e. The second kappa shape index (κ2) is 7.63. The predicted molar refractivity (Wildman–Crippen MR) is 99.7 cm³/mol. The first-order valence-electron chi connectivity index (χ1n) is 7.91. The zero-order valence-corrected chi connectivity index (χ0v) is 14.2. The lowest BCUT2D eigenvalue weighted by molar-refractivity contribution is -0.384. The fourth-order valence-electron chi connectivity index (χ4n) is 2.50. The van der Waals surface area contributed by atoms with Crippen molar-refractivity contribution in [2.24, 2.45) is 10.8 Å². The van der Waals surface area contributed by atoms with E-state index in [-0.39, 0.29) is 22.7 Å². The lowest BCUT2D eigenvalue weighted by Gasteiger charge is -2.14. The van der Waals surface area contributed by atoms with Gasteiger partial charge in [-0.05, 0) is 29.8 Å². The first kappa shape index (κ1) is 18.7. The van der Waals surface area contributed by atoms with Crippen molar-refractivity contribution in [1.82, 2.24) is 15.4 Å². The average Bonchev–Trinajstić information content (AvgIpc) is 2.68. The van der Waals surface area contributed by atoms with Crippen LogP contribution in [0.4, 0.5) is 10.5 Å². The van der Waals surface area contributed by atoms with Crippen LogP contribution < -0.4 is 16.7 Å². The Hall–Kier alpha value is -4.12. The summed E-state index contributed by atoms with van der Waals surface area (Å²) >= 11 is 0. The molecule has 3 aromatic rings. The molecule has 0 fully saturated rings.